The van der Waals surface area contributed by atoms with E-state index < -0.39 is 19.3 Å². The number of ether oxygens (including phenoxy) is 3. The molecule has 1 aliphatic rings. The first-order valence-electron chi connectivity index (χ1n) is 14.7. The topological polar surface area (TPSA) is 189 Å². The van der Waals surface area contributed by atoms with Gasteiger partial charge in [-0.3, -0.25) is 20.4 Å². The molecule has 3 aromatic rings. The summed E-state index contributed by atoms with van der Waals surface area (Å²) >= 11 is 6.13. The average Bonchev–Trinajstić information content (AvgIpc) is 3.21. The van der Waals surface area contributed by atoms with E-state index in [0.29, 0.717) is 60.4 Å². The molecule has 0 spiro atoms. The van der Waals surface area contributed by atoms with Crippen molar-refractivity contribution in [3.05, 3.63) is 88.4 Å². The van der Waals surface area contributed by atoms with Crippen LogP contribution < -0.4 is 37.4 Å². The summed E-state index contributed by atoms with van der Waals surface area (Å²) in [6, 6.07) is 18.4. The maximum atomic E-state index is 12.9. The summed E-state index contributed by atoms with van der Waals surface area (Å²) in [5.74, 6) is 6.04. The van der Waals surface area contributed by atoms with Crippen molar-refractivity contribution in [3.8, 4) is 5.75 Å². The number of amides is 2. The quantitative estimate of drug-likeness (QED) is 0.0494. The Morgan fingerprint density at radius 2 is 1.63 bits per heavy atom. The van der Waals surface area contributed by atoms with Crippen LogP contribution in [0.2, 0.25) is 5.02 Å². The van der Waals surface area contributed by atoms with Crippen LogP contribution in [0.4, 0.5) is 5.69 Å². The van der Waals surface area contributed by atoms with Crippen LogP contribution in [0.3, 0.4) is 0 Å². The van der Waals surface area contributed by atoms with E-state index >= 15 is 0 Å². The number of carbonyl (C=O) groups is 2. The van der Waals surface area contributed by atoms with E-state index in [1.807, 2.05) is 30.3 Å². The maximum absolute atomic E-state index is 12.9. The standard InChI is InChI=1S/C31H38BClN6O7/c1-44-24-10-11-26-25(18-24)29(20-4-8-23(33)9-5-20)37-27(30(38-26)39-34)19-28(40)35-12-14-45-16-17-46-15-13-36-31(41)21-2-6-22(7-3-21)32(42)43/h2-11,18,27,30,38-39,42-43H,12-17,19,34H2,1H3,(H,35,40)(H,36,41)/t27-,30?/m0/s1. The van der Waals surface area contributed by atoms with Gasteiger partial charge in [0.25, 0.3) is 5.91 Å². The predicted octanol–water partition coefficient (Wildman–Crippen LogP) is 0.419. The average molecular weight is 653 g/mol. The molecule has 244 valence electrons. The van der Waals surface area contributed by atoms with Crippen molar-refractivity contribution >= 4 is 47.4 Å². The van der Waals surface area contributed by atoms with Gasteiger partial charge in [0.2, 0.25) is 5.91 Å². The first-order valence-corrected chi connectivity index (χ1v) is 15.1. The van der Waals surface area contributed by atoms with Gasteiger partial charge in [0.15, 0.2) is 0 Å². The Balaban J connectivity index is 1.19. The Bertz CT molecular complexity index is 1480. The highest BCUT2D eigenvalue weighted by molar-refractivity contribution is 6.58. The summed E-state index contributed by atoms with van der Waals surface area (Å²) in [5.41, 5.74) is 6.55. The highest BCUT2D eigenvalue weighted by Gasteiger charge is 2.29. The molecule has 15 heteroatoms. The van der Waals surface area contributed by atoms with Crippen molar-refractivity contribution in [2.45, 2.75) is 18.6 Å². The minimum absolute atomic E-state index is 0.0619. The number of anilines is 1. The first-order chi connectivity index (χ1) is 22.3. The molecule has 0 saturated heterocycles. The van der Waals surface area contributed by atoms with Crippen LogP contribution in [-0.2, 0) is 14.3 Å². The number of carbonyl (C=O) groups excluding carboxylic acids is 2. The summed E-state index contributed by atoms with van der Waals surface area (Å²) in [6.07, 6.45) is -0.464. The van der Waals surface area contributed by atoms with Crippen molar-refractivity contribution in [3.63, 3.8) is 0 Å². The SMILES string of the molecule is COc1ccc2c(c1)C(c1ccc(Cl)cc1)=N[C@@H](CC(=O)NCCOCCOCCNC(=O)c1ccc(B(O)O)cc1)C(NN)N2. The smallest absolute Gasteiger partial charge is 0.488 e. The molecule has 0 fully saturated rings. The minimum atomic E-state index is -1.58. The van der Waals surface area contributed by atoms with Crippen LogP contribution in [0.25, 0.3) is 0 Å². The second-order valence-electron chi connectivity index (χ2n) is 10.3. The first kappa shape index (κ1) is 34.9. The molecular formula is C31H38BClN6O7. The number of rotatable bonds is 16. The Labute approximate surface area is 272 Å². The number of nitrogens with one attached hydrogen (secondary N) is 4. The molecule has 8 N–H and O–H groups in total. The Kier molecular flexibility index (Phi) is 13.3. The second-order valence-corrected chi connectivity index (χ2v) is 10.7. The molecule has 1 heterocycles. The van der Waals surface area contributed by atoms with Gasteiger partial charge in [0.1, 0.15) is 11.9 Å². The van der Waals surface area contributed by atoms with Gasteiger partial charge >= 0.3 is 7.12 Å². The monoisotopic (exact) mass is 652 g/mol. The van der Waals surface area contributed by atoms with Crippen LogP contribution in [0, 0.1) is 0 Å². The number of hydrazine groups is 1. The summed E-state index contributed by atoms with van der Waals surface area (Å²) in [5, 5.41) is 27.8. The predicted molar refractivity (Wildman–Crippen MR) is 176 cm³/mol. The molecule has 46 heavy (non-hydrogen) atoms. The van der Waals surface area contributed by atoms with E-state index in [2.05, 4.69) is 21.4 Å². The number of methoxy groups -OCH3 is 1. The molecule has 0 radical (unpaired) electrons. The molecule has 3 aromatic carbocycles. The number of benzene rings is 3. The summed E-state index contributed by atoms with van der Waals surface area (Å²) < 4.78 is 16.5. The third-order valence-corrected chi connectivity index (χ3v) is 7.36. The van der Waals surface area contributed by atoms with Gasteiger partial charge in [0, 0.05) is 40.5 Å². The highest BCUT2D eigenvalue weighted by Crippen LogP contribution is 2.30. The number of benzodiazepines with no additional fused rings is 1. The van der Waals surface area contributed by atoms with Crippen molar-refractivity contribution in [1.82, 2.24) is 16.1 Å². The number of hydrogen-bond donors (Lipinski definition) is 7. The third kappa shape index (κ3) is 9.99. The van der Waals surface area contributed by atoms with Gasteiger partial charge in [-0.15, -0.1) is 0 Å². The van der Waals surface area contributed by atoms with E-state index in [9.17, 15) is 9.59 Å². The largest absolute Gasteiger partial charge is 0.497 e. The molecular weight excluding hydrogens is 615 g/mol. The molecule has 0 aromatic heterocycles. The van der Waals surface area contributed by atoms with E-state index in [1.54, 1.807) is 19.2 Å². The number of halogens is 1. The zero-order valence-electron chi connectivity index (χ0n) is 25.4. The van der Waals surface area contributed by atoms with Crippen molar-refractivity contribution in [2.24, 2.45) is 10.8 Å². The van der Waals surface area contributed by atoms with Crippen LogP contribution >= 0.6 is 11.6 Å². The van der Waals surface area contributed by atoms with Crippen molar-refractivity contribution in [1.29, 1.82) is 0 Å². The van der Waals surface area contributed by atoms with Crippen LogP contribution in [0.15, 0.2) is 71.7 Å². The number of nitrogens with zero attached hydrogens (tertiary/aromatic N) is 1. The van der Waals surface area contributed by atoms with Gasteiger partial charge in [-0.2, -0.15) is 0 Å². The fraction of sp³-hybridized carbons (Fsp3) is 0.323. The molecule has 1 aliphatic heterocycles. The Hall–Kier alpha value is -4.02. The lowest BCUT2D eigenvalue weighted by Gasteiger charge is -2.23. The third-order valence-electron chi connectivity index (χ3n) is 7.11. The molecule has 1 unspecified atom stereocenters. The van der Waals surface area contributed by atoms with E-state index in [0.717, 1.165) is 16.8 Å². The highest BCUT2D eigenvalue weighted by atomic mass is 35.5. The Morgan fingerprint density at radius 1 is 0.957 bits per heavy atom. The second kappa shape index (κ2) is 17.6. The van der Waals surface area contributed by atoms with E-state index in [1.165, 1.54) is 24.3 Å². The van der Waals surface area contributed by atoms with Crippen LogP contribution in [0.1, 0.15) is 27.9 Å². The maximum Gasteiger partial charge on any atom is 0.488 e. The van der Waals surface area contributed by atoms with Crippen molar-refractivity contribution in [2.75, 3.05) is 51.9 Å². The zero-order valence-corrected chi connectivity index (χ0v) is 26.1. The van der Waals surface area contributed by atoms with Gasteiger partial charge in [-0.1, -0.05) is 35.9 Å². The van der Waals surface area contributed by atoms with Gasteiger partial charge < -0.3 is 40.2 Å². The van der Waals surface area contributed by atoms with Gasteiger partial charge in [-0.05, 0) is 47.9 Å². The summed E-state index contributed by atoms with van der Waals surface area (Å²) in [7, 11) is 0.0159. The lowest BCUT2D eigenvalue weighted by atomic mass is 9.80. The van der Waals surface area contributed by atoms with E-state index in [-0.39, 0.29) is 24.8 Å². The molecule has 0 bridgehead atoms. The molecule has 2 atom stereocenters. The minimum Gasteiger partial charge on any atom is -0.497 e. The summed E-state index contributed by atoms with van der Waals surface area (Å²) in [4.78, 5) is 30.0. The number of fused-ring (bicyclic) bond motifs is 1. The number of nitrogens with two attached hydrogens (primary N) is 1. The van der Waals surface area contributed by atoms with Gasteiger partial charge in [-0.25, -0.2) is 5.43 Å². The van der Waals surface area contributed by atoms with Crippen molar-refractivity contribution < 1.29 is 33.8 Å². The molecule has 0 saturated carbocycles. The summed E-state index contributed by atoms with van der Waals surface area (Å²) in [6.45, 7) is 1.81. The van der Waals surface area contributed by atoms with Gasteiger partial charge in [0.05, 0.1) is 51.7 Å². The fourth-order valence-corrected chi connectivity index (χ4v) is 4.82. The molecule has 13 nitrogen and oxygen atoms in total. The Morgan fingerprint density at radius 3 is 2.26 bits per heavy atom. The zero-order chi connectivity index (χ0) is 32.9. The lowest BCUT2D eigenvalue weighted by molar-refractivity contribution is -0.121. The van der Waals surface area contributed by atoms with Crippen LogP contribution in [0.5, 0.6) is 5.75 Å². The normalized spacial score (nSPS) is 15.5. The lowest BCUT2D eigenvalue weighted by Crippen LogP contribution is -2.49. The number of aliphatic imine (C=N–C) groups is 1. The fourth-order valence-electron chi connectivity index (χ4n) is 4.69. The van der Waals surface area contributed by atoms with E-state index in [4.69, 9.17) is 46.7 Å². The molecule has 4 rings (SSSR count). The molecule has 2 amide bonds. The molecule has 0 aliphatic carbocycles. The van der Waals surface area contributed by atoms with Crippen LogP contribution in [-0.4, -0.2) is 93.5 Å². The number of hydrogen-bond acceptors (Lipinski definition) is 11.